The lowest BCUT2D eigenvalue weighted by Gasteiger charge is -2.25. The molecule has 0 rings (SSSR count). The molecule has 0 aromatic carbocycles. The molecule has 622 valence electrons. The molecule has 33 heteroatoms. The van der Waals surface area contributed by atoms with Crippen molar-refractivity contribution in [2.45, 2.75) is 296 Å². The molecule has 0 saturated carbocycles. The fourth-order valence-electron chi connectivity index (χ4n) is 7.49. The molecule has 0 spiro atoms. The van der Waals surface area contributed by atoms with E-state index in [0.29, 0.717) is 56.4 Å². The molecule has 0 aliphatic carbocycles. The first-order valence-corrected chi connectivity index (χ1v) is 73.4. The molecule has 2 unspecified atom stereocenters. The average molecular weight is 1720 g/mol. The lowest BCUT2D eigenvalue weighted by atomic mass is 10.4. The van der Waals surface area contributed by atoms with Gasteiger partial charge in [0.2, 0.25) is 0 Å². The van der Waals surface area contributed by atoms with Crippen LogP contribution in [0.15, 0.2) is 86.7 Å². The summed E-state index contributed by atoms with van der Waals surface area (Å²) in [7, 11) is -14.8. The van der Waals surface area contributed by atoms with Crippen LogP contribution < -0.4 is 0 Å². The molecule has 2 atom stereocenters. The van der Waals surface area contributed by atoms with Gasteiger partial charge in [0.25, 0.3) is 0 Å². The van der Waals surface area contributed by atoms with Crippen LogP contribution in [0.3, 0.4) is 0 Å². The fraction of sp³-hybridized carbons (Fsp3) is 0.718. The van der Waals surface area contributed by atoms with Crippen LogP contribution in [-0.2, 0) is 86.0 Å². The molecule has 0 N–H and O–H groups in total. The second-order valence-electron chi connectivity index (χ2n) is 30.3. The highest BCUT2D eigenvalue weighted by Crippen LogP contribution is 2.17. The molecule has 0 bridgehead atoms. The molecular weight excluding hydrogens is 1550 g/mol. The lowest BCUT2D eigenvalue weighted by Crippen LogP contribution is -2.35. The van der Waals surface area contributed by atoms with Crippen molar-refractivity contribution < 1.29 is 86.0 Å². The molecule has 19 nitrogen and oxygen atoms in total. The van der Waals surface area contributed by atoms with Gasteiger partial charge in [-0.2, -0.15) is 0 Å². The number of hydrogen-bond donors (Lipinski definition) is 0. The van der Waals surface area contributed by atoms with E-state index in [4.69, 9.17) is 57.2 Å². The lowest BCUT2D eigenvalue weighted by molar-refractivity contribution is -0.139. The van der Waals surface area contributed by atoms with Gasteiger partial charge in [-0.1, -0.05) is 82.3 Å². The maximum Gasteiger partial charge on any atom is 0.333 e. The smallest absolute Gasteiger partial charge is 0.333 e. The van der Waals surface area contributed by atoms with Crippen LogP contribution in [0, 0.1) is 0 Å². The Balaban J connectivity index is -0.0000000948. The summed E-state index contributed by atoms with van der Waals surface area (Å²) in [4.78, 5) is 65.3. The van der Waals surface area contributed by atoms with E-state index in [0.717, 1.165) is 74.8 Å². The maximum absolute atomic E-state index is 11.1. The predicted octanol–water partition coefficient (Wildman–Crippen LogP) is 17.6. The van der Waals surface area contributed by atoms with E-state index in [1.165, 1.54) is 18.2 Å². The zero-order valence-electron chi connectivity index (χ0n) is 68.2. The average Bonchev–Trinajstić information content (AvgIpc) is 0.942. The minimum Gasteiger partial charge on any atom is -0.463 e. The third kappa shape index (κ3) is 118. The highest BCUT2D eigenvalue weighted by molar-refractivity contribution is 6.79. The molecule has 0 fully saturated rings. The Hall–Kier alpha value is -2.24. The predicted molar refractivity (Wildman–Crippen MR) is 490 cm³/mol. The van der Waals surface area contributed by atoms with Crippen molar-refractivity contribution in [3.8, 4) is 0 Å². The normalized spacial score (nSPS) is 11.8. The summed E-state index contributed by atoms with van der Waals surface area (Å²) >= 11 is 0. The van der Waals surface area contributed by atoms with Gasteiger partial charge < -0.3 is 57.2 Å². The highest BCUT2D eigenvalue weighted by atomic mass is 28.4. The van der Waals surface area contributed by atoms with Crippen LogP contribution in [0.5, 0.6) is 0 Å². The SMILES string of the molecule is C.C.C.C.C.C=C(C)C(=O)OCCC[SiH2]O[Si](C)(C)C.C=C(C)C(=O)OCCC[SiH](C)O[Si](C)(C)C.C=C(C)C(=O)OCCC[Si](C)(C)O[SiH](C)C.C=CC(=O)OCCC[SiH2]O[Si](C)(C)C.C=CC(=O)OCCC[SiH](C)O[Si](C)(C)C.C=CC(=O)OCCC[Si](C)(C)O[SiH](C)C.C=C[SiH2]O[Si](C)(C)C. The molecule has 0 amide bonds. The van der Waals surface area contributed by atoms with E-state index in [-0.39, 0.29) is 82.7 Å². The number of esters is 6. The molecule has 0 aliphatic rings. The maximum atomic E-state index is 11.1. The van der Waals surface area contributed by atoms with Crippen LogP contribution in [0.2, 0.25) is 200 Å². The second kappa shape index (κ2) is 73.6. The topological polar surface area (TPSA) is 222 Å². The molecule has 0 radical (unpaired) electrons. The molecule has 0 aliphatic heterocycles. The summed E-state index contributed by atoms with van der Waals surface area (Å²) in [5.74, 6) is -1.89. The Labute approximate surface area is 663 Å². The number of carbonyl (C=O) groups is 6. The van der Waals surface area contributed by atoms with Crippen molar-refractivity contribution >= 4 is 159 Å². The third-order valence-electron chi connectivity index (χ3n) is 11.3. The Morgan fingerprint density at radius 3 is 0.808 bits per heavy atom. The third-order valence-corrected chi connectivity index (χ3v) is 49.1. The van der Waals surface area contributed by atoms with E-state index >= 15 is 0 Å². The van der Waals surface area contributed by atoms with Crippen molar-refractivity contribution in [2.24, 2.45) is 0 Å². The number of hydrogen-bond acceptors (Lipinski definition) is 19. The van der Waals surface area contributed by atoms with Crippen LogP contribution in [-0.4, -0.2) is 199 Å². The minimum atomic E-state index is -1.52. The van der Waals surface area contributed by atoms with Gasteiger partial charge in [-0.15, -0.1) is 6.58 Å². The summed E-state index contributed by atoms with van der Waals surface area (Å²) in [5, 5.41) is 0. The van der Waals surface area contributed by atoms with Crippen LogP contribution in [0.25, 0.3) is 0 Å². The van der Waals surface area contributed by atoms with Crippen molar-refractivity contribution in [2.75, 3.05) is 39.6 Å². The number of rotatable bonds is 45. The van der Waals surface area contributed by atoms with E-state index in [1.54, 1.807) is 20.8 Å². The zero-order valence-corrected chi connectivity index (χ0v) is 84.0. The van der Waals surface area contributed by atoms with Crippen molar-refractivity contribution in [3.63, 3.8) is 0 Å². The molecule has 0 aromatic rings. The van der Waals surface area contributed by atoms with Crippen LogP contribution in [0.4, 0.5) is 0 Å². The summed E-state index contributed by atoms with van der Waals surface area (Å²) < 4.78 is 70.8. The van der Waals surface area contributed by atoms with Crippen molar-refractivity contribution in [1.82, 2.24) is 0 Å². The Kier molecular flexibility index (Phi) is 90.7. The van der Waals surface area contributed by atoms with Gasteiger partial charge >= 0.3 is 35.8 Å². The molecule has 0 heterocycles. The van der Waals surface area contributed by atoms with E-state index in [9.17, 15) is 28.8 Å². The summed E-state index contributed by atoms with van der Waals surface area (Å²) in [5.41, 5.74) is 3.31. The summed E-state index contributed by atoms with van der Waals surface area (Å²) in [6, 6.07) is 6.37. The van der Waals surface area contributed by atoms with Crippen LogP contribution in [0.1, 0.15) is 96.4 Å². The Morgan fingerprint density at radius 1 is 0.346 bits per heavy atom. The monoisotopic (exact) mass is 1720 g/mol. The van der Waals surface area contributed by atoms with Gasteiger partial charge in [-0.25, -0.2) is 28.8 Å². The van der Waals surface area contributed by atoms with Gasteiger partial charge in [0.05, 0.1) is 39.6 Å². The van der Waals surface area contributed by atoms with Crippen LogP contribution >= 0.6 is 0 Å². The van der Waals surface area contributed by atoms with Crippen molar-refractivity contribution in [1.29, 1.82) is 0 Å². The minimum absolute atomic E-state index is 0. The number of carbonyl (C=O) groups excluding carboxylic acids is 6. The van der Waals surface area contributed by atoms with Crippen molar-refractivity contribution in [3.05, 3.63) is 86.7 Å². The second-order valence-corrected chi connectivity index (χ2v) is 78.5. The summed E-state index contributed by atoms with van der Waals surface area (Å²) in [6.07, 6.45) is 8.98. The molecule has 0 aromatic heterocycles. The first-order chi connectivity index (χ1) is 45.0. The molecular formula is C71H168O19Si14. The highest BCUT2D eigenvalue weighted by Gasteiger charge is 2.25. The largest absolute Gasteiger partial charge is 0.463 e. The van der Waals surface area contributed by atoms with Gasteiger partial charge in [0.1, 0.15) is 19.5 Å². The van der Waals surface area contributed by atoms with Gasteiger partial charge in [0, 0.05) is 34.9 Å². The quantitative estimate of drug-likeness (QED) is 0.0182. The Bertz CT molecular complexity index is 2260. The fourth-order valence-corrected chi connectivity index (χ4v) is 42.1. The first-order valence-electron chi connectivity index (χ1n) is 35.1. The summed E-state index contributed by atoms with van der Waals surface area (Å²) in [6.45, 7) is 87.1. The van der Waals surface area contributed by atoms with E-state index in [2.05, 4.69) is 210 Å². The standard InChI is InChI=1S/2C11H24O3Si2.3C10H22O3Si2.C9H20O3Si2.C5H14OSi2.5CH4/c1-10(2)11(12)13-8-7-9-15(3)14-16(4,5)6;1-10(2)11(12)13-8-7-9-16(5,6)14-15(3)4;1-9(2)10(11)12-7-6-8-14-13-15(3,4)5;1-6-10(11)12-8-7-9-14(2)13-15(3,4)5;1-6-10(11)12-8-7-9-15(4,5)13-14(2)3;1-5-9(10)11-7-6-8-13-12-14(2,3)4;1-5-7-6-8(2,3)4;;;;;/h2*15H,1,7-9H2,2-6H3;1,6-8,14H2,2-5H3;2*6,14H,1,7-9H2,2-5H3;5H,1,6-8,13H2,2-4H3;5H,1,7H2,2-4H3;5*1H4. The molecule has 104 heavy (non-hydrogen) atoms. The Morgan fingerprint density at radius 2 is 0.587 bits per heavy atom. The number of ether oxygens (including phenoxy) is 6. The zero-order chi connectivity index (χ0) is 78.9. The van der Waals surface area contributed by atoms with E-state index in [1.807, 2.05) is 5.70 Å². The van der Waals surface area contributed by atoms with E-state index < -0.39 is 114 Å². The van der Waals surface area contributed by atoms with Gasteiger partial charge in [-0.3, -0.25) is 0 Å². The van der Waals surface area contributed by atoms with Gasteiger partial charge in [0.15, 0.2) is 104 Å². The molecule has 0 saturated heterocycles. The van der Waals surface area contributed by atoms with Gasteiger partial charge in [-0.05, 0) is 259 Å². The first kappa shape index (κ1) is 128.